The van der Waals surface area contributed by atoms with Gasteiger partial charge in [-0.25, -0.2) is 0 Å². The predicted molar refractivity (Wildman–Crippen MR) is 119 cm³/mol. The molecule has 168 valence electrons. The molecule has 2 aliphatic heterocycles. The van der Waals surface area contributed by atoms with Crippen LogP contribution in [0.3, 0.4) is 0 Å². The topological polar surface area (TPSA) is 40.5 Å². The summed E-state index contributed by atoms with van der Waals surface area (Å²) in [7, 11) is 0. The Morgan fingerprint density at radius 1 is 0.900 bits per heavy atom. The molecule has 4 saturated carbocycles. The number of hydrogen-bond acceptors (Lipinski definition) is 3. The van der Waals surface area contributed by atoms with Crippen LogP contribution >= 0.6 is 0 Å². The highest BCUT2D eigenvalue weighted by atomic mass is 16.3. The van der Waals surface area contributed by atoms with Gasteiger partial charge in [0.25, 0.3) is 0 Å². The number of carbonyl (C=O) groups excluding carboxylic acids is 1. The van der Waals surface area contributed by atoms with Crippen molar-refractivity contribution in [1.82, 2.24) is 4.90 Å². The fraction of sp³-hybridized carbons (Fsp3) is 0.963. The van der Waals surface area contributed by atoms with E-state index in [1.165, 1.54) is 45.2 Å². The summed E-state index contributed by atoms with van der Waals surface area (Å²) in [5.41, 5.74) is 0.161. The molecule has 6 rings (SSSR count). The van der Waals surface area contributed by atoms with Crippen LogP contribution in [0.2, 0.25) is 0 Å². The SMILES string of the molecule is C[C@H]1CC[C@H]2[C@@H](C)[C@H]3CC[C@H]4[C@@H](C[C@H]5[C@H]4CC(=O)[C@H]4C[C@@H](O)CC[C@@]45C)[C@@H]3CN2C1. The number of piperidine rings is 2. The summed E-state index contributed by atoms with van der Waals surface area (Å²) in [4.78, 5) is 16.1. The minimum absolute atomic E-state index is 0.135. The first-order valence-electron chi connectivity index (χ1n) is 13.3. The number of ketones is 1. The Bertz CT molecular complexity index is 705. The Morgan fingerprint density at radius 3 is 2.53 bits per heavy atom. The molecular formula is C27H43NO2. The molecule has 0 bridgehead atoms. The normalized spacial score (nSPS) is 58.3. The Kier molecular flexibility index (Phi) is 4.75. The summed E-state index contributed by atoms with van der Waals surface area (Å²) in [6, 6.07) is 0.839. The third-order valence-corrected chi connectivity index (χ3v) is 11.8. The zero-order valence-corrected chi connectivity index (χ0v) is 19.4. The summed E-state index contributed by atoms with van der Waals surface area (Å²) in [6.45, 7) is 10.1. The van der Waals surface area contributed by atoms with Gasteiger partial charge in [-0.2, -0.15) is 0 Å². The molecule has 6 aliphatic rings. The van der Waals surface area contributed by atoms with E-state index in [1.807, 2.05) is 0 Å². The lowest BCUT2D eigenvalue weighted by atomic mass is 9.51. The summed E-state index contributed by atoms with van der Waals surface area (Å²) in [5, 5.41) is 10.3. The molecule has 0 radical (unpaired) electrons. The summed E-state index contributed by atoms with van der Waals surface area (Å²) in [6.07, 6.45) is 10.3. The molecular weight excluding hydrogens is 370 g/mol. The van der Waals surface area contributed by atoms with Gasteiger partial charge in [-0.15, -0.1) is 0 Å². The second-order valence-electron chi connectivity index (χ2n) is 13.0. The van der Waals surface area contributed by atoms with Crippen LogP contribution in [-0.4, -0.2) is 41.0 Å². The first-order valence-corrected chi connectivity index (χ1v) is 13.3. The molecule has 0 aromatic rings. The van der Waals surface area contributed by atoms with Crippen LogP contribution in [0.25, 0.3) is 0 Å². The van der Waals surface area contributed by atoms with Crippen LogP contribution in [0.15, 0.2) is 0 Å². The minimum Gasteiger partial charge on any atom is -0.393 e. The van der Waals surface area contributed by atoms with Gasteiger partial charge < -0.3 is 5.11 Å². The van der Waals surface area contributed by atoms with E-state index in [-0.39, 0.29) is 17.4 Å². The first kappa shape index (κ1) is 20.2. The summed E-state index contributed by atoms with van der Waals surface area (Å²) >= 11 is 0. The zero-order valence-electron chi connectivity index (χ0n) is 19.4. The van der Waals surface area contributed by atoms with E-state index in [9.17, 15) is 9.90 Å². The lowest BCUT2D eigenvalue weighted by molar-refractivity contribution is -0.145. The molecule has 1 N–H and O–H groups in total. The number of Topliss-reactive ketones (excluding diaryl/α,β-unsaturated/α-hetero) is 1. The highest BCUT2D eigenvalue weighted by Crippen LogP contribution is 2.66. The van der Waals surface area contributed by atoms with Crippen molar-refractivity contribution in [3.63, 3.8) is 0 Å². The molecule has 0 aromatic carbocycles. The van der Waals surface area contributed by atoms with Crippen molar-refractivity contribution in [3.8, 4) is 0 Å². The number of fused-ring (bicyclic) bond motifs is 8. The van der Waals surface area contributed by atoms with Gasteiger partial charge in [0.05, 0.1) is 6.10 Å². The molecule has 3 nitrogen and oxygen atoms in total. The molecule has 3 heteroatoms. The maximum absolute atomic E-state index is 13.2. The fourth-order valence-electron chi connectivity index (χ4n) is 10.3. The zero-order chi connectivity index (χ0) is 20.8. The highest BCUT2D eigenvalue weighted by molar-refractivity contribution is 5.83. The van der Waals surface area contributed by atoms with Gasteiger partial charge in [0.2, 0.25) is 0 Å². The van der Waals surface area contributed by atoms with Gasteiger partial charge in [0.1, 0.15) is 5.78 Å². The molecule has 4 aliphatic carbocycles. The Balaban J connectivity index is 1.28. The molecule has 0 spiro atoms. The molecule has 30 heavy (non-hydrogen) atoms. The van der Waals surface area contributed by atoms with Crippen molar-refractivity contribution < 1.29 is 9.90 Å². The monoisotopic (exact) mass is 413 g/mol. The Labute approximate surface area is 183 Å². The largest absolute Gasteiger partial charge is 0.393 e. The van der Waals surface area contributed by atoms with Crippen LogP contribution in [-0.2, 0) is 4.79 Å². The average Bonchev–Trinajstić information content (AvgIpc) is 3.09. The van der Waals surface area contributed by atoms with Gasteiger partial charge in [-0.3, -0.25) is 9.69 Å². The number of rotatable bonds is 0. The third-order valence-electron chi connectivity index (χ3n) is 11.8. The van der Waals surface area contributed by atoms with Gasteiger partial charge in [0, 0.05) is 31.5 Å². The number of hydrogen-bond donors (Lipinski definition) is 1. The smallest absolute Gasteiger partial charge is 0.136 e. The summed E-state index contributed by atoms with van der Waals surface area (Å²) < 4.78 is 0. The lowest BCUT2D eigenvalue weighted by Crippen LogP contribution is -2.58. The number of carbonyl (C=O) groups is 1. The summed E-state index contributed by atoms with van der Waals surface area (Å²) in [5.74, 6) is 7.19. The molecule has 12 atom stereocenters. The second kappa shape index (κ2) is 7.04. The first-order chi connectivity index (χ1) is 14.4. The fourth-order valence-corrected chi connectivity index (χ4v) is 10.3. The van der Waals surface area contributed by atoms with E-state index in [2.05, 4.69) is 25.7 Å². The van der Waals surface area contributed by atoms with Crippen molar-refractivity contribution in [2.75, 3.05) is 13.1 Å². The van der Waals surface area contributed by atoms with Crippen molar-refractivity contribution >= 4 is 5.78 Å². The van der Waals surface area contributed by atoms with Crippen LogP contribution in [0.4, 0.5) is 0 Å². The van der Waals surface area contributed by atoms with E-state index in [0.717, 1.165) is 73.2 Å². The van der Waals surface area contributed by atoms with Crippen molar-refractivity contribution in [2.24, 2.45) is 58.7 Å². The molecule has 2 saturated heterocycles. The Morgan fingerprint density at radius 2 is 1.70 bits per heavy atom. The maximum Gasteiger partial charge on any atom is 0.136 e. The average molecular weight is 414 g/mol. The molecule has 6 fully saturated rings. The predicted octanol–water partition coefficient (Wildman–Crippen LogP) is 4.77. The molecule has 2 heterocycles. The van der Waals surface area contributed by atoms with Crippen LogP contribution in [0.1, 0.15) is 78.6 Å². The van der Waals surface area contributed by atoms with E-state index in [1.54, 1.807) is 0 Å². The van der Waals surface area contributed by atoms with Crippen molar-refractivity contribution in [2.45, 2.75) is 90.7 Å². The van der Waals surface area contributed by atoms with Crippen LogP contribution in [0, 0.1) is 58.7 Å². The second-order valence-corrected chi connectivity index (χ2v) is 13.0. The molecule has 0 amide bonds. The quantitative estimate of drug-likeness (QED) is 0.622. The standard InChI is InChI=1S/C27H43NO2/c1-15-4-7-25-16(2)18-5-6-19-20(22(18)14-28(25)13-15)11-23-21(19)12-26(30)24-10-17(29)8-9-27(23,24)3/h15-25,29H,4-14H2,1-3H3/t15-,16-,17-,18+,19-,20+,21-,22+,23-,24+,25-,27+/m0/s1. The molecule has 0 aromatic heterocycles. The van der Waals surface area contributed by atoms with Gasteiger partial charge in [0.15, 0.2) is 0 Å². The van der Waals surface area contributed by atoms with Gasteiger partial charge >= 0.3 is 0 Å². The van der Waals surface area contributed by atoms with E-state index < -0.39 is 0 Å². The van der Waals surface area contributed by atoms with Crippen molar-refractivity contribution in [1.29, 1.82) is 0 Å². The lowest BCUT2D eigenvalue weighted by Gasteiger charge is -2.56. The van der Waals surface area contributed by atoms with Crippen molar-refractivity contribution in [3.05, 3.63) is 0 Å². The van der Waals surface area contributed by atoms with Gasteiger partial charge in [-0.1, -0.05) is 20.8 Å². The Hall–Kier alpha value is -0.410. The number of nitrogens with zero attached hydrogens (tertiary/aromatic N) is 1. The third kappa shape index (κ3) is 2.79. The van der Waals surface area contributed by atoms with E-state index >= 15 is 0 Å². The minimum atomic E-state index is -0.242. The maximum atomic E-state index is 13.2. The van der Waals surface area contributed by atoms with Gasteiger partial charge in [-0.05, 0) is 104 Å². The number of aliphatic hydroxyl groups excluding tert-OH is 1. The number of aliphatic hydroxyl groups is 1. The van der Waals surface area contributed by atoms with Crippen LogP contribution < -0.4 is 0 Å². The highest BCUT2D eigenvalue weighted by Gasteiger charge is 2.62. The van der Waals surface area contributed by atoms with E-state index in [4.69, 9.17) is 0 Å². The molecule has 0 unspecified atom stereocenters. The van der Waals surface area contributed by atoms with E-state index in [0.29, 0.717) is 11.7 Å². The van der Waals surface area contributed by atoms with Crippen LogP contribution in [0.5, 0.6) is 0 Å².